The van der Waals surface area contributed by atoms with Crippen LogP contribution in [0.5, 0.6) is 5.75 Å². The number of amides is 1. The minimum Gasteiger partial charge on any atom is -0.496 e. The molecule has 0 bridgehead atoms. The summed E-state index contributed by atoms with van der Waals surface area (Å²) in [6.07, 6.45) is 1.83. The van der Waals surface area contributed by atoms with Crippen LogP contribution in [0.25, 0.3) is 0 Å². The van der Waals surface area contributed by atoms with E-state index in [9.17, 15) is 4.79 Å². The molecule has 2 aromatic carbocycles. The third-order valence-corrected chi connectivity index (χ3v) is 4.51. The van der Waals surface area contributed by atoms with Gasteiger partial charge in [-0.3, -0.25) is 4.79 Å². The first-order chi connectivity index (χ1) is 11.2. The summed E-state index contributed by atoms with van der Waals surface area (Å²) in [5.74, 6) is 1.46. The Balaban J connectivity index is 2.17. The normalized spacial score (nSPS) is 11.6. The number of carbonyl (C=O) groups excluding carboxylic acids is 1. The van der Waals surface area contributed by atoms with Crippen molar-refractivity contribution in [3.63, 3.8) is 0 Å². The number of hydrogen-bond acceptors (Lipinski definition) is 3. The van der Waals surface area contributed by atoms with E-state index in [1.165, 1.54) is 0 Å². The van der Waals surface area contributed by atoms with Gasteiger partial charge in [0.05, 0.1) is 18.7 Å². The first kappa shape index (κ1) is 17.2. The smallest absolute Gasteiger partial charge is 0.252 e. The van der Waals surface area contributed by atoms with E-state index in [0.29, 0.717) is 5.56 Å². The van der Waals surface area contributed by atoms with Gasteiger partial charge in [-0.15, -0.1) is 18.3 Å². The Morgan fingerprint density at radius 2 is 1.96 bits per heavy atom. The number of rotatable bonds is 7. The van der Waals surface area contributed by atoms with Crippen LogP contribution in [0.3, 0.4) is 0 Å². The second-order valence-corrected chi connectivity index (χ2v) is 6.09. The number of benzene rings is 2. The van der Waals surface area contributed by atoms with E-state index in [4.69, 9.17) is 4.74 Å². The molecule has 0 saturated carbocycles. The first-order valence-electron chi connectivity index (χ1n) is 7.44. The van der Waals surface area contributed by atoms with Crippen molar-refractivity contribution in [3.05, 3.63) is 72.3 Å². The summed E-state index contributed by atoms with van der Waals surface area (Å²) in [6, 6.07) is 15.2. The lowest BCUT2D eigenvalue weighted by Crippen LogP contribution is -2.27. The molecule has 0 aromatic heterocycles. The van der Waals surface area contributed by atoms with Gasteiger partial charge in [-0.25, -0.2) is 0 Å². The van der Waals surface area contributed by atoms with E-state index in [1.807, 2.05) is 61.5 Å². The summed E-state index contributed by atoms with van der Waals surface area (Å²) >= 11 is 1.60. The molecule has 120 valence electrons. The third-order valence-electron chi connectivity index (χ3n) is 3.44. The van der Waals surface area contributed by atoms with Crippen molar-refractivity contribution in [2.75, 3.05) is 12.9 Å². The van der Waals surface area contributed by atoms with E-state index >= 15 is 0 Å². The molecule has 1 atom stereocenters. The molecule has 1 amide bonds. The number of carbonyl (C=O) groups is 1. The highest BCUT2D eigenvalue weighted by atomic mass is 32.2. The van der Waals surface area contributed by atoms with Crippen molar-refractivity contribution in [1.29, 1.82) is 0 Å². The van der Waals surface area contributed by atoms with Crippen molar-refractivity contribution in [3.8, 4) is 5.75 Å². The van der Waals surface area contributed by atoms with E-state index in [1.54, 1.807) is 18.9 Å². The Hall–Kier alpha value is -2.20. The zero-order valence-corrected chi connectivity index (χ0v) is 14.2. The highest BCUT2D eigenvalue weighted by Crippen LogP contribution is 2.26. The highest BCUT2D eigenvalue weighted by molar-refractivity contribution is 7.99. The third kappa shape index (κ3) is 4.39. The van der Waals surface area contributed by atoms with Gasteiger partial charge in [0, 0.05) is 16.2 Å². The van der Waals surface area contributed by atoms with Crippen LogP contribution in [0.2, 0.25) is 0 Å². The van der Waals surface area contributed by atoms with Crippen LogP contribution < -0.4 is 10.1 Å². The summed E-state index contributed by atoms with van der Waals surface area (Å²) in [5.41, 5.74) is 1.64. The SMILES string of the molecule is C=CCSc1ccccc1C(=O)NC(C)c1ccccc1OC. The monoisotopic (exact) mass is 327 g/mol. The Kier molecular flexibility index (Phi) is 6.29. The molecule has 0 fully saturated rings. The Morgan fingerprint density at radius 1 is 1.26 bits per heavy atom. The first-order valence-corrected chi connectivity index (χ1v) is 8.42. The minimum absolute atomic E-state index is 0.0874. The molecule has 2 aromatic rings. The maximum absolute atomic E-state index is 12.6. The minimum atomic E-state index is -0.142. The predicted molar refractivity (Wildman–Crippen MR) is 96.2 cm³/mol. The molecule has 0 aliphatic rings. The quantitative estimate of drug-likeness (QED) is 0.602. The van der Waals surface area contributed by atoms with Crippen LogP contribution in [0, 0.1) is 0 Å². The van der Waals surface area contributed by atoms with Gasteiger partial charge >= 0.3 is 0 Å². The second kappa shape index (κ2) is 8.44. The summed E-state index contributed by atoms with van der Waals surface area (Å²) in [7, 11) is 1.63. The molecule has 3 nitrogen and oxygen atoms in total. The average molecular weight is 327 g/mol. The molecule has 1 N–H and O–H groups in total. The number of para-hydroxylation sites is 1. The molecular weight excluding hydrogens is 306 g/mol. The van der Waals surface area contributed by atoms with Gasteiger partial charge < -0.3 is 10.1 Å². The molecule has 0 spiro atoms. The highest BCUT2D eigenvalue weighted by Gasteiger charge is 2.16. The molecular formula is C19H21NO2S. The Bertz CT molecular complexity index is 685. The molecule has 0 saturated heterocycles. The molecule has 23 heavy (non-hydrogen) atoms. The van der Waals surface area contributed by atoms with Crippen molar-refractivity contribution < 1.29 is 9.53 Å². The predicted octanol–water partition coefficient (Wildman–Crippen LogP) is 4.46. The molecule has 0 heterocycles. The van der Waals surface area contributed by atoms with Crippen molar-refractivity contribution in [2.45, 2.75) is 17.9 Å². The van der Waals surface area contributed by atoms with Gasteiger partial charge in [0.1, 0.15) is 5.75 Å². The number of methoxy groups -OCH3 is 1. The van der Waals surface area contributed by atoms with E-state index in [-0.39, 0.29) is 11.9 Å². The molecule has 0 aliphatic carbocycles. The molecule has 4 heteroatoms. The molecule has 1 unspecified atom stereocenters. The van der Waals surface area contributed by atoms with Crippen molar-refractivity contribution in [1.82, 2.24) is 5.32 Å². The topological polar surface area (TPSA) is 38.3 Å². The van der Waals surface area contributed by atoms with Crippen molar-refractivity contribution in [2.24, 2.45) is 0 Å². The van der Waals surface area contributed by atoms with E-state index in [2.05, 4.69) is 11.9 Å². The fourth-order valence-corrected chi connectivity index (χ4v) is 3.09. The lowest BCUT2D eigenvalue weighted by atomic mass is 10.1. The van der Waals surface area contributed by atoms with Crippen LogP contribution in [0.1, 0.15) is 28.9 Å². The lowest BCUT2D eigenvalue weighted by molar-refractivity contribution is 0.0936. The van der Waals surface area contributed by atoms with Crippen LogP contribution in [0.4, 0.5) is 0 Å². The average Bonchev–Trinajstić information content (AvgIpc) is 2.60. The summed E-state index contributed by atoms with van der Waals surface area (Å²) in [4.78, 5) is 13.6. The van der Waals surface area contributed by atoms with Gasteiger partial charge in [0.25, 0.3) is 5.91 Å². The largest absolute Gasteiger partial charge is 0.496 e. The summed E-state index contributed by atoms with van der Waals surface area (Å²) < 4.78 is 5.36. The van der Waals surface area contributed by atoms with Gasteiger partial charge in [0.2, 0.25) is 0 Å². The van der Waals surface area contributed by atoms with Gasteiger partial charge in [0.15, 0.2) is 0 Å². The number of nitrogens with one attached hydrogen (secondary N) is 1. The second-order valence-electron chi connectivity index (χ2n) is 5.03. The van der Waals surface area contributed by atoms with Gasteiger partial charge in [-0.1, -0.05) is 36.4 Å². The van der Waals surface area contributed by atoms with E-state index in [0.717, 1.165) is 22.0 Å². The molecule has 0 radical (unpaired) electrons. The number of ether oxygens (including phenoxy) is 1. The molecule has 2 rings (SSSR count). The van der Waals surface area contributed by atoms with E-state index < -0.39 is 0 Å². The van der Waals surface area contributed by atoms with Crippen LogP contribution in [-0.4, -0.2) is 18.8 Å². The standard InChI is InChI=1S/C19H21NO2S/c1-4-13-23-18-12-8-6-10-16(18)19(21)20-14(2)15-9-5-7-11-17(15)22-3/h4-12,14H,1,13H2,2-3H3,(H,20,21). The number of hydrogen-bond donors (Lipinski definition) is 1. The summed E-state index contributed by atoms with van der Waals surface area (Å²) in [6.45, 7) is 5.68. The van der Waals surface area contributed by atoms with Gasteiger partial charge in [-0.05, 0) is 25.1 Å². The summed E-state index contributed by atoms with van der Waals surface area (Å²) in [5, 5.41) is 3.05. The van der Waals surface area contributed by atoms with Crippen LogP contribution in [-0.2, 0) is 0 Å². The fourth-order valence-electron chi connectivity index (χ4n) is 2.31. The maximum Gasteiger partial charge on any atom is 0.252 e. The molecule has 0 aliphatic heterocycles. The maximum atomic E-state index is 12.6. The zero-order chi connectivity index (χ0) is 16.7. The zero-order valence-electron chi connectivity index (χ0n) is 13.4. The van der Waals surface area contributed by atoms with Crippen LogP contribution >= 0.6 is 11.8 Å². The number of thioether (sulfide) groups is 1. The van der Waals surface area contributed by atoms with Crippen molar-refractivity contribution >= 4 is 17.7 Å². The Morgan fingerprint density at radius 3 is 2.70 bits per heavy atom. The fraction of sp³-hybridized carbons (Fsp3) is 0.211. The Labute approximate surface area is 141 Å². The van der Waals surface area contributed by atoms with Crippen LogP contribution in [0.15, 0.2) is 66.1 Å². The lowest BCUT2D eigenvalue weighted by Gasteiger charge is -2.18. The van der Waals surface area contributed by atoms with Gasteiger partial charge in [-0.2, -0.15) is 0 Å².